The van der Waals surface area contributed by atoms with Gasteiger partial charge in [0.2, 0.25) is 11.8 Å². The summed E-state index contributed by atoms with van der Waals surface area (Å²) in [5, 5.41) is 9.61. The molecule has 5 aliphatic heterocycles. The molecule has 6 aromatic carbocycles. The van der Waals surface area contributed by atoms with Crippen LogP contribution in [-0.4, -0.2) is 91.1 Å². The average molecular weight is 894 g/mol. The second-order valence-electron chi connectivity index (χ2n) is 17.9. The number of cyclic esters (lactones) is 1. The molecule has 0 aromatic heterocycles. The Morgan fingerprint density at radius 2 is 1.37 bits per heavy atom. The summed E-state index contributed by atoms with van der Waals surface area (Å²) in [6.07, 6.45) is -0.0805. The molecule has 12 nitrogen and oxygen atoms in total. The molecule has 11 rings (SSSR count). The number of benzene rings is 6. The van der Waals surface area contributed by atoms with E-state index in [0.717, 1.165) is 50.5 Å². The van der Waals surface area contributed by atoms with E-state index in [0.29, 0.717) is 49.9 Å². The molecule has 6 atom stereocenters. The Balaban J connectivity index is 1.11. The number of esters is 1. The Bertz CT molecular complexity index is 2850. The summed E-state index contributed by atoms with van der Waals surface area (Å²) in [6, 6.07) is 48.1. The molecule has 1 spiro atoms. The minimum absolute atomic E-state index is 0.0728. The number of aliphatic hydroxyl groups excluding tert-OH is 1. The fraction of sp³-hybridized carbons (Fsp3) is 0.273. The maximum atomic E-state index is 16.0. The Kier molecular flexibility index (Phi) is 10.9. The zero-order chi connectivity index (χ0) is 45.8. The van der Waals surface area contributed by atoms with Crippen molar-refractivity contribution in [1.82, 2.24) is 9.80 Å². The van der Waals surface area contributed by atoms with Gasteiger partial charge in [0.25, 0.3) is 0 Å². The second kappa shape index (κ2) is 17.2. The lowest BCUT2D eigenvalue weighted by atomic mass is 9.66. The van der Waals surface area contributed by atoms with E-state index in [2.05, 4.69) is 52.3 Å². The van der Waals surface area contributed by atoms with Crippen LogP contribution < -0.4 is 19.3 Å². The Morgan fingerprint density at radius 3 is 2.03 bits per heavy atom. The minimum atomic E-state index is -1.17. The molecule has 0 radical (unpaired) electrons. The number of fused-ring (bicyclic) bond motifs is 3. The van der Waals surface area contributed by atoms with Gasteiger partial charge in [0.15, 0.2) is 0 Å². The van der Waals surface area contributed by atoms with Gasteiger partial charge in [0.1, 0.15) is 36.1 Å². The van der Waals surface area contributed by atoms with Crippen LogP contribution in [0.25, 0.3) is 0 Å². The van der Waals surface area contributed by atoms with E-state index in [1.54, 1.807) is 18.9 Å². The normalized spacial score (nSPS) is 24.1. The predicted octanol–water partition coefficient (Wildman–Crippen LogP) is 7.73. The molecule has 0 bridgehead atoms. The molecule has 1 N–H and O–H groups in total. The molecule has 5 aliphatic rings. The van der Waals surface area contributed by atoms with Gasteiger partial charge in [-0.2, -0.15) is 0 Å². The van der Waals surface area contributed by atoms with Crippen LogP contribution in [0.4, 0.5) is 17.1 Å². The van der Waals surface area contributed by atoms with Crippen molar-refractivity contribution in [2.75, 3.05) is 56.3 Å². The van der Waals surface area contributed by atoms with Crippen molar-refractivity contribution in [3.8, 4) is 11.5 Å². The monoisotopic (exact) mass is 893 g/mol. The van der Waals surface area contributed by atoms with Crippen molar-refractivity contribution in [3.05, 3.63) is 185 Å². The van der Waals surface area contributed by atoms with Crippen LogP contribution in [0.2, 0.25) is 0 Å². The summed E-state index contributed by atoms with van der Waals surface area (Å²) < 4.78 is 18.0. The van der Waals surface area contributed by atoms with E-state index in [1.165, 1.54) is 0 Å². The van der Waals surface area contributed by atoms with E-state index in [9.17, 15) is 9.90 Å². The van der Waals surface area contributed by atoms with E-state index in [-0.39, 0.29) is 25.0 Å². The van der Waals surface area contributed by atoms with Gasteiger partial charge in [-0.05, 0) is 94.4 Å². The highest BCUT2D eigenvalue weighted by Crippen LogP contribution is 2.68. The number of hydrogen-bond acceptors (Lipinski definition) is 10. The number of hydrogen-bond donors (Lipinski definition) is 1. The number of rotatable bonds is 11. The number of amidine groups is 1. The van der Waals surface area contributed by atoms with Crippen LogP contribution >= 0.6 is 0 Å². The zero-order valence-electron chi connectivity index (χ0n) is 37.4. The quantitative estimate of drug-likeness (QED) is 0.130. The number of nitrogens with zero attached hydrogens (tertiary/aromatic N) is 5. The molecule has 67 heavy (non-hydrogen) atoms. The maximum Gasteiger partial charge on any atom is 0.324 e. The molecule has 2 amide bonds. The fourth-order valence-corrected chi connectivity index (χ4v) is 11.4. The van der Waals surface area contributed by atoms with Crippen molar-refractivity contribution in [2.24, 2.45) is 10.9 Å². The van der Waals surface area contributed by atoms with Crippen molar-refractivity contribution < 1.29 is 33.7 Å². The van der Waals surface area contributed by atoms with Crippen molar-refractivity contribution >= 4 is 40.7 Å². The number of anilines is 2. The molecular formula is C55H51N5O7. The third-order valence-corrected chi connectivity index (χ3v) is 14.3. The third-order valence-electron chi connectivity index (χ3n) is 14.3. The maximum absolute atomic E-state index is 16.0. The summed E-state index contributed by atoms with van der Waals surface area (Å²) in [7, 11) is 1.66. The van der Waals surface area contributed by atoms with Crippen LogP contribution in [-0.2, 0) is 31.0 Å². The predicted molar refractivity (Wildman–Crippen MR) is 255 cm³/mol. The number of carbonyl (C=O) groups is 3. The number of aliphatic imine (C=N–C) groups is 1. The number of morpholine rings is 1. The first-order chi connectivity index (χ1) is 32.8. The number of aliphatic hydroxyl groups is 1. The van der Waals surface area contributed by atoms with Gasteiger partial charge in [0, 0.05) is 38.8 Å². The van der Waals surface area contributed by atoms with Gasteiger partial charge in [-0.15, -0.1) is 0 Å². The highest BCUT2D eigenvalue weighted by atomic mass is 16.6. The van der Waals surface area contributed by atoms with Gasteiger partial charge in [0.05, 0.1) is 48.5 Å². The van der Waals surface area contributed by atoms with Gasteiger partial charge in [-0.25, -0.2) is 4.99 Å². The zero-order valence-corrected chi connectivity index (χ0v) is 37.4. The first kappa shape index (κ1) is 42.4. The fourth-order valence-electron chi connectivity index (χ4n) is 11.4. The SMILES string of the molecule is COc1ccc(Cc2ccc3c(c2)[C@@]24C(=N3)N(c3ccc(N5CCN(C(C)=O)CC5)cc3)C(=O)[C@H]2[C@@H]2C(=O)O[C@@H](c3ccccc3)[C@@H](c3ccccc3)N2[C@H]4c2ccc(OCCO)cc2)cc1. The number of amides is 2. The molecule has 4 saturated heterocycles. The Morgan fingerprint density at radius 1 is 0.731 bits per heavy atom. The van der Waals surface area contributed by atoms with Crippen molar-refractivity contribution in [3.63, 3.8) is 0 Å². The third kappa shape index (κ3) is 7.05. The highest BCUT2D eigenvalue weighted by molar-refractivity contribution is 6.31. The number of ether oxygens (including phenoxy) is 3. The number of piperazine rings is 1. The summed E-state index contributed by atoms with van der Waals surface area (Å²) in [5.74, 6) is 0.381. The average Bonchev–Trinajstić information content (AvgIpc) is 3.95. The van der Waals surface area contributed by atoms with Crippen molar-refractivity contribution in [2.45, 2.75) is 43.0 Å². The van der Waals surface area contributed by atoms with E-state index < -0.39 is 41.5 Å². The molecule has 12 heteroatoms. The first-order valence-corrected chi connectivity index (χ1v) is 23.0. The summed E-state index contributed by atoms with van der Waals surface area (Å²) in [6.45, 7) is 4.30. The van der Waals surface area contributed by atoms with Crippen molar-refractivity contribution in [1.29, 1.82) is 0 Å². The largest absolute Gasteiger partial charge is 0.497 e. The topological polar surface area (TPSA) is 124 Å². The van der Waals surface area contributed by atoms with Crippen LogP contribution in [0.15, 0.2) is 157 Å². The Labute approximate surface area is 389 Å². The standard InChI is InChI=1S/C55H51N5O7/c1-35(62)57-27-29-58(30-28-57)41-18-20-42(21-19-41)59-52(63)47-49-53(64)67-50(39-11-7-4-8-12-39)48(38-9-5-3-6-10-38)60(49)51(40-16-24-44(25-17-40)66-32-31-61)55(47)45-34-37(15-26-46(45)56-54(55)59)33-36-13-22-43(65-2)23-14-36/h3-26,34,47-51,61H,27-33H2,1-2H3/t47-,48-,49-,50+,51+,55-/m1/s1. The van der Waals surface area contributed by atoms with Gasteiger partial charge in [-0.3, -0.25) is 24.2 Å². The second-order valence-corrected chi connectivity index (χ2v) is 17.9. The highest BCUT2D eigenvalue weighted by Gasteiger charge is 2.77. The summed E-state index contributed by atoms with van der Waals surface area (Å²) >= 11 is 0. The van der Waals surface area contributed by atoms with Gasteiger partial charge < -0.3 is 29.1 Å². The molecule has 4 fully saturated rings. The molecule has 0 aliphatic carbocycles. The smallest absolute Gasteiger partial charge is 0.324 e. The number of carbonyl (C=O) groups excluding carboxylic acids is 3. The van der Waals surface area contributed by atoms with E-state index in [4.69, 9.17) is 19.2 Å². The minimum Gasteiger partial charge on any atom is -0.497 e. The van der Waals surface area contributed by atoms with Crippen LogP contribution in [0.1, 0.15) is 58.5 Å². The lowest BCUT2D eigenvalue weighted by Gasteiger charge is -2.47. The van der Waals surface area contributed by atoms with Crippen LogP contribution in [0, 0.1) is 5.92 Å². The molecule has 338 valence electrons. The Hall–Kier alpha value is -7.28. The summed E-state index contributed by atoms with van der Waals surface area (Å²) in [5.41, 5.74) is 6.91. The molecule has 6 aromatic rings. The van der Waals surface area contributed by atoms with E-state index in [1.807, 2.05) is 114 Å². The summed E-state index contributed by atoms with van der Waals surface area (Å²) in [4.78, 5) is 57.0. The molecule has 0 saturated carbocycles. The van der Waals surface area contributed by atoms with Gasteiger partial charge >= 0.3 is 5.97 Å². The van der Waals surface area contributed by atoms with Gasteiger partial charge in [-0.1, -0.05) is 97.1 Å². The molecular weight excluding hydrogens is 843 g/mol. The number of methoxy groups -OCH3 is 1. The van der Waals surface area contributed by atoms with Crippen LogP contribution in [0.5, 0.6) is 11.5 Å². The lowest BCUT2D eigenvalue weighted by molar-refractivity contribution is -0.178. The van der Waals surface area contributed by atoms with Crippen LogP contribution in [0.3, 0.4) is 0 Å². The molecule has 0 unspecified atom stereocenters. The molecule has 5 heterocycles. The lowest BCUT2D eigenvalue weighted by Crippen LogP contribution is -2.53. The first-order valence-electron chi connectivity index (χ1n) is 23.0. The van der Waals surface area contributed by atoms with E-state index >= 15 is 9.59 Å².